The summed E-state index contributed by atoms with van der Waals surface area (Å²) in [5.74, 6) is 0.626. The number of hydrogen-bond acceptors (Lipinski definition) is 3. The second-order valence-electron chi connectivity index (χ2n) is 7.44. The molecule has 2 N–H and O–H groups in total. The molecule has 3 amide bonds. The largest absolute Gasteiger partial charge is 0.344 e. The van der Waals surface area contributed by atoms with Crippen LogP contribution in [0.5, 0.6) is 0 Å². The Labute approximate surface area is 150 Å². The Kier molecular flexibility index (Phi) is 6.79. The number of urea groups is 1. The maximum absolute atomic E-state index is 12.1. The van der Waals surface area contributed by atoms with Crippen molar-refractivity contribution < 1.29 is 9.59 Å². The fourth-order valence-corrected chi connectivity index (χ4v) is 3.09. The Balaban J connectivity index is 1.69. The summed E-state index contributed by atoms with van der Waals surface area (Å²) in [6.45, 7) is 4.92. The van der Waals surface area contributed by atoms with E-state index in [4.69, 9.17) is 0 Å². The van der Waals surface area contributed by atoms with E-state index in [1.807, 2.05) is 18.2 Å². The summed E-state index contributed by atoms with van der Waals surface area (Å²) in [7, 11) is 1.74. The molecule has 1 aromatic rings. The molecule has 0 radical (unpaired) electrons. The maximum Gasteiger partial charge on any atom is 0.315 e. The fourth-order valence-electron chi connectivity index (χ4n) is 3.09. The van der Waals surface area contributed by atoms with E-state index in [1.54, 1.807) is 18.1 Å². The number of hydrogen-bond donors (Lipinski definition) is 2. The van der Waals surface area contributed by atoms with Crippen molar-refractivity contribution >= 4 is 11.9 Å². The minimum Gasteiger partial charge on any atom is -0.344 e. The summed E-state index contributed by atoms with van der Waals surface area (Å²) in [6, 6.07) is 5.48. The van der Waals surface area contributed by atoms with Gasteiger partial charge in [-0.1, -0.05) is 13.0 Å². The van der Waals surface area contributed by atoms with Crippen molar-refractivity contribution in [3.63, 3.8) is 0 Å². The van der Waals surface area contributed by atoms with E-state index in [0.717, 1.165) is 37.3 Å². The van der Waals surface area contributed by atoms with Gasteiger partial charge in [0.15, 0.2) is 0 Å². The molecule has 0 saturated heterocycles. The first-order chi connectivity index (χ1) is 11.9. The van der Waals surface area contributed by atoms with Crippen LogP contribution in [0.15, 0.2) is 24.4 Å². The normalized spacial score (nSPS) is 22.9. The summed E-state index contributed by atoms with van der Waals surface area (Å²) < 4.78 is 0. The summed E-state index contributed by atoms with van der Waals surface area (Å²) in [5.41, 5.74) is 0.789. The van der Waals surface area contributed by atoms with Gasteiger partial charge in [-0.05, 0) is 50.7 Å². The van der Waals surface area contributed by atoms with Crippen LogP contribution in [0.2, 0.25) is 0 Å². The molecule has 1 aliphatic carbocycles. The molecule has 0 bridgehead atoms. The van der Waals surface area contributed by atoms with Crippen LogP contribution < -0.4 is 10.6 Å². The van der Waals surface area contributed by atoms with Gasteiger partial charge in [0.25, 0.3) is 0 Å². The van der Waals surface area contributed by atoms with Crippen LogP contribution >= 0.6 is 0 Å². The van der Waals surface area contributed by atoms with Gasteiger partial charge < -0.3 is 15.5 Å². The summed E-state index contributed by atoms with van der Waals surface area (Å²) in [4.78, 5) is 30.1. The quantitative estimate of drug-likeness (QED) is 0.830. The first-order valence-electron chi connectivity index (χ1n) is 9.08. The predicted octanol–water partition coefficient (Wildman–Crippen LogP) is 2.35. The molecular formula is C19H30N4O2. The fraction of sp³-hybridized carbons (Fsp3) is 0.632. The lowest BCUT2D eigenvalue weighted by Crippen LogP contribution is -2.53. The molecule has 6 nitrogen and oxygen atoms in total. The van der Waals surface area contributed by atoms with Crippen LogP contribution in [-0.4, -0.2) is 47.5 Å². The van der Waals surface area contributed by atoms with Gasteiger partial charge in [-0.3, -0.25) is 9.78 Å². The molecule has 0 aromatic carbocycles. The van der Waals surface area contributed by atoms with E-state index < -0.39 is 0 Å². The van der Waals surface area contributed by atoms with Gasteiger partial charge in [-0.2, -0.15) is 0 Å². The first-order valence-corrected chi connectivity index (χ1v) is 9.08. The van der Waals surface area contributed by atoms with Gasteiger partial charge in [0, 0.05) is 37.4 Å². The van der Waals surface area contributed by atoms with Crippen LogP contribution in [0.25, 0.3) is 0 Å². The van der Waals surface area contributed by atoms with E-state index >= 15 is 0 Å². The first kappa shape index (κ1) is 19.2. The smallest absolute Gasteiger partial charge is 0.315 e. The molecule has 1 heterocycles. The Morgan fingerprint density at radius 2 is 2.04 bits per heavy atom. The molecule has 0 aliphatic heterocycles. The lowest BCUT2D eigenvalue weighted by Gasteiger charge is -2.37. The monoisotopic (exact) mass is 346 g/mol. The molecule has 0 spiro atoms. The zero-order chi connectivity index (χ0) is 18.3. The summed E-state index contributed by atoms with van der Waals surface area (Å²) in [5, 5.41) is 5.73. The number of carbonyl (C=O) groups excluding carboxylic acids is 2. The molecule has 25 heavy (non-hydrogen) atoms. The zero-order valence-corrected chi connectivity index (χ0v) is 15.5. The number of carbonyl (C=O) groups is 2. The number of nitrogens with zero attached hydrogens (tertiary/aromatic N) is 2. The lowest BCUT2D eigenvalue weighted by molar-refractivity contribution is -0.128. The van der Waals surface area contributed by atoms with Gasteiger partial charge >= 0.3 is 6.03 Å². The highest BCUT2D eigenvalue weighted by atomic mass is 16.2. The van der Waals surface area contributed by atoms with Crippen LogP contribution in [0.3, 0.4) is 0 Å². The van der Waals surface area contributed by atoms with E-state index in [9.17, 15) is 9.59 Å². The highest BCUT2D eigenvalue weighted by molar-refractivity contribution is 5.84. The molecule has 6 heteroatoms. The second-order valence-corrected chi connectivity index (χ2v) is 7.44. The third-order valence-electron chi connectivity index (χ3n) is 5.05. The molecule has 1 saturated carbocycles. The van der Waals surface area contributed by atoms with Gasteiger partial charge in [0.2, 0.25) is 5.91 Å². The van der Waals surface area contributed by atoms with Crippen molar-refractivity contribution in [1.82, 2.24) is 20.5 Å². The van der Waals surface area contributed by atoms with E-state index in [2.05, 4.69) is 29.5 Å². The SMILES string of the molecule is CC1CCC(C)(NC(=O)NCC(=O)N(C)CCc2ccccn2)CC1. The van der Waals surface area contributed by atoms with E-state index in [1.165, 1.54) is 0 Å². The van der Waals surface area contributed by atoms with Crippen LogP contribution in [0.4, 0.5) is 4.79 Å². The Morgan fingerprint density at radius 1 is 1.32 bits per heavy atom. The molecule has 0 unspecified atom stereocenters. The Hall–Kier alpha value is -2.11. The number of nitrogens with one attached hydrogen (secondary N) is 2. The van der Waals surface area contributed by atoms with Gasteiger partial charge in [0.05, 0.1) is 6.54 Å². The molecule has 1 aliphatic rings. The van der Waals surface area contributed by atoms with Crippen molar-refractivity contribution in [2.45, 2.75) is 51.5 Å². The average Bonchev–Trinajstić information content (AvgIpc) is 2.61. The Morgan fingerprint density at radius 3 is 2.68 bits per heavy atom. The van der Waals surface area contributed by atoms with Crippen molar-refractivity contribution in [2.24, 2.45) is 5.92 Å². The van der Waals surface area contributed by atoms with Gasteiger partial charge in [0.1, 0.15) is 0 Å². The van der Waals surface area contributed by atoms with E-state index in [-0.39, 0.29) is 24.0 Å². The highest BCUT2D eigenvalue weighted by Crippen LogP contribution is 2.31. The van der Waals surface area contributed by atoms with Crippen LogP contribution in [-0.2, 0) is 11.2 Å². The lowest BCUT2D eigenvalue weighted by atomic mass is 9.78. The third kappa shape index (κ3) is 6.36. The average molecular weight is 346 g/mol. The van der Waals surface area contributed by atoms with Crippen LogP contribution in [0, 0.1) is 5.92 Å². The standard InChI is InChI=1S/C19H30N4O2/c1-15-7-10-19(2,11-8-15)22-18(25)21-14-17(24)23(3)13-9-16-6-4-5-12-20-16/h4-6,12,15H,7-11,13-14H2,1-3H3,(H2,21,22,25). The molecule has 1 aromatic heterocycles. The molecule has 1 fully saturated rings. The number of pyridine rings is 1. The molecule has 138 valence electrons. The summed E-state index contributed by atoms with van der Waals surface area (Å²) >= 11 is 0. The van der Waals surface area contributed by atoms with Crippen molar-refractivity contribution in [2.75, 3.05) is 20.1 Å². The molecule has 2 rings (SSSR count). The zero-order valence-electron chi connectivity index (χ0n) is 15.5. The number of aromatic nitrogens is 1. The van der Waals surface area contributed by atoms with Gasteiger partial charge in [-0.25, -0.2) is 4.79 Å². The predicted molar refractivity (Wildman–Crippen MR) is 98.1 cm³/mol. The molecule has 0 atom stereocenters. The van der Waals surface area contributed by atoms with Crippen molar-refractivity contribution in [3.8, 4) is 0 Å². The van der Waals surface area contributed by atoms with Gasteiger partial charge in [-0.15, -0.1) is 0 Å². The second kappa shape index (κ2) is 8.83. The summed E-state index contributed by atoms with van der Waals surface area (Å²) in [6.07, 6.45) is 6.68. The minimum atomic E-state index is -0.261. The van der Waals surface area contributed by atoms with Crippen LogP contribution in [0.1, 0.15) is 45.2 Å². The molecular weight excluding hydrogens is 316 g/mol. The number of likely N-dealkylation sites (N-methyl/N-ethyl adjacent to an activating group) is 1. The number of rotatable bonds is 6. The Bertz CT molecular complexity index is 568. The highest BCUT2D eigenvalue weighted by Gasteiger charge is 2.30. The van der Waals surface area contributed by atoms with Crippen molar-refractivity contribution in [1.29, 1.82) is 0 Å². The maximum atomic E-state index is 12.1. The third-order valence-corrected chi connectivity index (χ3v) is 5.05. The minimum absolute atomic E-state index is 0.0109. The van der Waals surface area contributed by atoms with E-state index in [0.29, 0.717) is 13.0 Å². The number of amides is 3. The van der Waals surface area contributed by atoms with Crippen molar-refractivity contribution in [3.05, 3.63) is 30.1 Å². The topological polar surface area (TPSA) is 74.3 Å².